The largest absolute Gasteiger partial charge is 0.497 e. The number of benzene rings is 3. The van der Waals surface area contributed by atoms with Crippen LogP contribution in [0.4, 0.5) is 17.1 Å². The Morgan fingerprint density at radius 1 is 0.963 bits per heavy atom. The summed E-state index contributed by atoms with van der Waals surface area (Å²) in [6.07, 6.45) is 0.666. The molecule has 0 radical (unpaired) electrons. The molecule has 0 spiro atoms. The third-order valence-electron chi connectivity index (χ3n) is 5.12. The van der Waals surface area contributed by atoms with E-state index in [1.165, 1.54) is 5.56 Å². The second kappa shape index (κ2) is 7.16. The van der Waals surface area contributed by atoms with Gasteiger partial charge in [0.05, 0.1) is 13.0 Å². The summed E-state index contributed by atoms with van der Waals surface area (Å²) in [7, 11) is 3.69. The summed E-state index contributed by atoms with van der Waals surface area (Å²) in [6, 6.07) is 23.8. The number of carbonyl (C=O) groups excluding carboxylic acids is 1. The lowest BCUT2D eigenvalue weighted by atomic mass is 9.91. The Kier molecular flexibility index (Phi) is 4.55. The summed E-state index contributed by atoms with van der Waals surface area (Å²) >= 11 is 0. The van der Waals surface area contributed by atoms with Gasteiger partial charge in [0, 0.05) is 24.1 Å². The quantitative estimate of drug-likeness (QED) is 0.735. The van der Waals surface area contributed by atoms with E-state index in [2.05, 4.69) is 41.5 Å². The molecule has 0 bridgehead atoms. The van der Waals surface area contributed by atoms with Crippen LogP contribution < -0.4 is 15.0 Å². The van der Waals surface area contributed by atoms with Crippen molar-refractivity contribution >= 4 is 23.0 Å². The number of fused-ring (bicyclic) bond motifs is 2. The number of rotatable bonds is 3. The lowest BCUT2D eigenvalue weighted by molar-refractivity contribution is -0.117. The van der Waals surface area contributed by atoms with Crippen molar-refractivity contribution in [3.05, 3.63) is 83.9 Å². The molecule has 3 aromatic carbocycles. The van der Waals surface area contributed by atoms with E-state index in [0.717, 1.165) is 28.4 Å². The topological polar surface area (TPSA) is 41.6 Å². The number of hydrogen-bond acceptors (Lipinski definition) is 3. The van der Waals surface area contributed by atoms with E-state index in [0.29, 0.717) is 6.42 Å². The highest BCUT2D eigenvalue weighted by molar-refractivity contribution is 5.98. The van der Waals surface area contributed by atoms with Crippen molar-refractivity contribution in [3.8, 4) is 5.75 Å². The average Bonchev–Trinajstić information content (AvgIpc) is 2.84. The van der Waals surface area contributed by atoms with Gasteiger partial charge in [-0.3, -0.25) is 4.79 Å². The van der Waals surface area contributed by atoms with E-state index in [1.807, 2.05) is 48.5 Å². The number of methoxy groups -OCH3 is 1. The van der Waals surface area contributed by atoms with E-state index < -0.39 is 0 Å². The highest BCUT2D eigenvalue weighted by Crippen LogP contribution is 2.40. The van der Waals surface area contributed by atoms with Crippen LogP contribution in [0.1, 0.15) is 17.0 Å². The zero-order valence-electron chi connectivity index (χ0n) is 15.5. The second-order valence-electron chi connectivity index (χ2n) is 6.72. The lowest BCUT2D eigenvalue weighted by Gasteiger charge is -2.22. The standard InChI is InChI=1S/C23H22N2O2/c1-25-21-9-5-3-7-16(21)15-20(19-8-4-6-10-22(19)25)23(26)24-17-11-13-18(27-2)14-12-17/h3-14,20H,15H2,1-2H3,(H,24,26)/t20-/m1/s1. The van der Waals surface area contributed by atoms with E-state index in [4.69, 9.17) is 4.74 Å². The zero-order chi connectivity index (χ0) is 18.8. The van der Waals surface area contributed by atoms with Crippen LogP contribution in [0.3, 0.4) is 0 Å². The number of para-hydroxylation sites is 2. The van der Waals surface area contributed by atoms with Crippen molar-refractivity contribution in [3.63, 3.8) is 0 Å². The summed E-state index contributed by atoms with van der Waals surface area (Å²) in [6.45, 7) is 0. The van der Waals surface area contributed by atoms with Crippen LogP contribution in [-0.4, -0.2) is 20.1 Å². The first-order valence-corrected chi connectivity index (χ1v) is 9.03. The predicted octanol–water partition coefficient (Wildman–Crippen LogP) is 4.74. The monoisotopic (exact) mass is 358 g/mol. The first-order chi connectivity index (χ1) is 13.2. The molecule has 1 atom stereocenters. The molecule has 1 aliphatic heterocycles. The number of ether oxygens (including phenoxy) is 1. The smallest absolute Gasteiger partial charge is 0.232 e. The van der Waals surface area contributed by atoms with Gasteiger partial charge in [-0.2, -0.15) is 0 Å². The molecule has 1 N–H and O–H groups in total. The summed E-state index contributed by atoms with van der Waals surface area (Å²) in [5, 5.41) is 3.06. The number of amides is 1. The van der Waals surface area contributed by atoms with Gasteiger partial charge in [-0.05, 0) is 53.9 Å². The first-order valence-electron chi connectivity index (χ1n) is 9.03. The maximum Gasteiger partial charge on any atom is 0.232 e. The Labute approximate surface area is 159 Å². The van der Waals surface area contributed by atoms with Gasteiger partial charge in [0.15, 0.2) is 0 Å². The minimum atomic E-state index is -0.255. The molecule has 0 fully saturated rings. The third-order valence-corrected chi connectivity index (χ3v) is 5.12. The summed E-state index contributed by atoms with van der Waals surface area (Å²) < 4.78 is 5.19. The van der Waals surface area contributed by atoms with Crippen LogP contribution in [0.5, 0.6) is 5.75 Å². The molecule has 4 heteroatoms. The highest BCUT2D eigenvalue weighted by atomic mass is 16.5. The number of anilines is 3. The molecule has 1 aliphatic rings. The average molecular weight is 358 g/mol. The number of hydrogen-bond donors (Lipinski definition) is 1. The van der Waals surface area contributed by atoms with Gasteiger partial charge >= 0.3 is 0 Å². The number of carbonyl (C=O) groups is 1. The molecule has 27 heavy (non-hydrogen) atoms. The molecule has 1 heterocycles. The molecule has 0 saturated heterocycles. The fourth-order valence-electron chi connectivity index (χ4n) is 3.70. The minimum absolute atomic E-state index is 0.00211. The highest BCUT2D eigenvalue weighted by Gasteiger charge is 2.29. The first kappa shape index (κ1) is 17.2. The molecule has 0 saturated carbocycles. The predicted molar refractivity (Wildman–Crippen MR) is 109 cm³/mol. The van der Waals surface area contributed by atoms with Crippen molar-refractivity contribution in [1.29, 1.82) is 0 Å². The number of nitrogens with one attached hydrogen (secondary N) is 1. The Hall–Kier alpha value is -3.27. The van der Waals surface area contributed by atoms with Crippen molar-refractivity contribution in [2.45, 2.75) is 12.3 Å². The minimum Gasteiger partial charge on any atom is -0.497 e. The fourth-order valence-corrected chi connectivity index (χ4v) is 3.70. The van der Waals surface area contributed by atoms with Crippen LogP contribution in [0.25, 0.3) is 0 Å². The molecule has 3 aromatic rings. The van der Waals surface area contributed by atoms with Crippen molar-refractivity contribution in [1.82, 2.24) is 0 Å². The van der Waals surface area contributed by atoms with Crippen molar-refractivity contribution < 1.29 is 9.53 Å². The molecule has 4 rings (SSSR count). The molecular weight excluding hydrogens is 336 g/mol. The molecule has 0 unspecified atom stereocenters. The molecule has 136 valence electrons. The van der Waals surface area contributed by atoms with Crippen LogP contribution in [0.2, 0.25) is 0 Å². The molecule has 1 amide bonds. The summed E-state index contributed by atoms with van der Waals surface area (Å²) in [4.78, 5) is 15.4. The zero-order valence-corrected chi connectivity index (χ0v) is 15.5. The SMILES string of the molecule is COc1ccc(NC(=O)[C@@H]2Cc3ccccc3N(C)c3ccccc32)cc1. The molecule has 0 aliphatic carbocycles. The summed E-state index contributed by atoms with van der Waals surface area (Å²) in [5.74, 6) is 0.510. The maximum atomic E-state index is 13.2. The lowest BCUT2D eigenvalue weighted by Crippen LogP contribution is -2.23. The van der Waals surface area contributed by atoms with Gasteiger partial charge in [-0.15, -0.1) is 0 Å². The van der Waals surface area contributed by atoms with Gasteiger partial charge in [0.1, 0.15) is 5.75 Å². The van der Waals surface area contributed by atoms with Gasteiger partial charge in [0.2, 0.25) is 5.91 Å². The van der Waals surface area contributed by atoms with E-state index >= 15 is 0 Å². The van der Waals surface area contributed by atoms with Gasteiger partial charge in [-0.25, -0.2) is 0 Å². The van der Waals surface area contributed by atoms with Crippen LogP contribution in [-0.2, 0) is 11.2 Å². The van der Waals surface area contributed by atoms with Crippen LogP contribution >= 0.6 is 0 Å². The Balaban J connectivity index is 1.70. The van der Waals surface area contributed by atoms with E-state index in [1.54, 1.807) is 7.11 Å². The summed E-state index contributed by atoms with van der Waals surface area (Å²) in [5.41, 5.74) is 5.19. The molecule has 4 nitrogen and oxygen atoms in total. The van der Waals surface area contributed by atoms with Gasteiger partial charge in [-0.1, -0.05) is 36.4 Å². The third kappa shape index (κ3) is 3.26. The Morgan fingerprint density at radius 3 is 2.37 bits per heavy atom. The van der Waals surface area contributed by atoms with Crippen LogP contribution in [0, 0.1) is 0 Å². The Bertz CT molecular complexity index is 966. The molecular formula is C23H22N2O2. The normalized spacial score (nSPS) is 15.3. The number of nitrogens with zero attached hydrogens (tertiary/aromatic N) is 1. The second-order valence-corrected chi connectivity index (χ2v) is 6.72. The van der Waals surface area contributed by atoms with Crippen molar-refractivity contribution in [2.24, 2.45) is 0 Å². The van der Waals surface area contributed by atoms with E-state index in [9.17, 15) is 4.79 Å². The fraction of sp³-hybridized carbons (Fsp3) is 0.174. The van der Waals surface area contributed by atoms with E-state index in [-0.39, 0.29) is 11.8 Å². The van der Waals surface area contributed by atoms with Gasteiger partial charge < -0.3 is 15.0 Å². The maximum absolute atomic E-state index is 13.2. The van der Waals surface area contributed by atoms with Gasteiger partial charge in [0.25, 0.3) is 0 Å². The molecule has 0 aromatic heterocycles. The van der Waals surface area contributed by atoms with Crippen LogP contribution in [0.15, 0.2) is 72.8 Å². The van der Waals surface area contributed by atoms with Crippen molar-refractivity contribution in [2.75, 3.05) is 24.4 Å². The Morgan fingerprint density at radius 2 is 1.63 bits per heavy atom.